The molecular weight excluding hydrogens is 319 g/mol. The Hall–Kier alpha value is -2.64. The van der Waals surface area contributed by atoms with Crippen molar-refractivity contribution in [3.63, 3.8) is 0 Å². The number of amides is 2. The van der Waals surface area contributed by atoms with Gasteiger partial charge in [0, 0.05) is 13.1 Å². The molecule has 2 amide bonds. The summed E-state index contributed by atoms with van der Waals surface area (Å²) in [7, 11) is 1.46. The smallest absolute Gasteiger partial charge is 0.344 e. The maximum absolute atomic E-state index is 12.7. The summed E-state index contributed by atoms with van der Waals surface area (Å²) >= 11 is 0. The minimum atomic E-state index is -0.733. The number of nitrogens with zero attached hydrogens (tertiary/aromatic N) is 1. The van der Waals surface area contributed by atoms with Gasteiger partial charge in [-0.1, -0.05) is 0 Å². The lowest BCUT2D eigenvalue weighted by Crippen LogP contribution is -2.40. The monoisotopic (exact) mass is 338 g/mol. The maximum atomic E-state index is 12.7. The molecule has 0 bridgehead atoms. The summed E-state index contributed by atoms with van der Waals surface area (Å²) in [6.45, 7) is -0.956. The normalized spacial score (nSPS) is 13.1. The van der Waals surface area contributed by atoms with Gasteiger partial charge in [0.15, 0.2) is 13.2 Å². The summed E-state index contributed by atoms with van der Waals surface area (Å²) in [5.74, 6) is -1.56. The molecule has 1 N–H and O–H groups in total. The lowest BCUT2D eigenvalue weighted by atomic mass is 10.3. The quantitative estimate of drug-likeness (QED) is 0.697. The molecule has 24 heavy (non-hydrogen) atoms. The molecule has 1 saturated carbocycles. The van der Waals surface area contributed by atoms with E-state index in [-0.39, 0.29) is 18.5 Å². The molecule has 0 atom stereocenters. The molecule has 8 heteroatoms. The molecule has 1 aromatic carbocycles. The van der Waals surface area contributed by atoms with Crippen LogP contribution >= 0.6 is 0 Å². The Labute approximate surface area is 138 Å². The first-order valence-corrected chi connectivity index (χ1v) is 7.51. The van der Waals surface area contributed by atoms with Gasteiger partial charge in [0.2, 0.25) is 5.91 Å². The number of hydrogen-bond donors (Lipinski definition) is 1. The van der Waals surface area contributed by atoms with E-state index in [1.54, 1.807) is 0 Å². The molecule has 0 unspecified atom stereocenters. The fraction of sp³-hybridized carbons (Fsp3) is 0.438. The molecule has 0 saturated heterocycles. The second-order valence-electron chi connectivity index (χ2n) is 5.49. The van der Waals surface area contributed by atoms with Crippen LogP contribution in [0.3, 0.4) is 0 Å². The van der Waals surface area contributed by atoms with E-state index in [1.165, 1.54) is 36.2 Å². The van der Waals surface area contributed by atoms with Crippen LogP contribution in [0.1, 0.15) is 12.8 Å². The third-order valence-electron chi connectivity index (χ3n) is 3.28. The third kappa shape index (κ3) is 6.23. The molecule has 2 rings (SSSR count). The highest BCUT2D eigenvalue weighted by molar-refractivity contribution is 5.86. The van der Waals surface area contributed by atoms with Crippen LogP contribution in [-0.4, -0.2) is 55.5 Å². The minimum Gasteiger partial charge on any atom is -0.482 e. The molecule has 130 valence electrons. The van der Waals surface area contributed by atoms with Gasteiger partial charge in [0.25, 0.3) is 5.91 Å². The Bertz CT molecular complexity index is 601. The van der Waals surface area contributed by atoms with Crippen molar-refractivity contribution in [2.45, 2.75) is 18.9 Å². The summed E-state index contributed by atoms with van der Waals surface area (Å²) in [5, 5.41) is 2.76. The van der Waals surface area contributed by atoms with Crippen LogP contribution in [0.4, 0.5) is 4.39 Å². The predicted molar refractivity (Wildman–Crippen MR) is 81.7 cm³/mol. The summed E-state index contributed by atoms with van der Waals surface area (Å²) in [6.07, 6.45) is 1.93. The standard InChI is InChI=1S/C16H19FN2O5/c1-19(8-14(20)18-12-4-5-12)15(21)9-24-16(22)10-23-13-6-2-11(17)3-7-13/h2-3,6-7,12H,4-5,8-10H2,1H3,(H,18,20). The van der Waals surface area contributed by atoms with E-state index in [1.807, 2.05) is 0 Å². The van der Waals surface area contributed by atoms with Gasteiger partial charge in [-0.2, -0.15) is 0 Å². The summed E-state index contributed by atoms with van der Waals surface area (Å²) in [5.41, 5.74) is 0. The second kappa shape index (κ2) is 8.28. The average molecular weight is 338 g/mol. The van der Waals surface area contributed by atoms with Crippen molar-refractivity contribution in [1.82, 2.24) is 10.2 Å². The van der Waals surface area contributed by atoms with E-state index < -0.39 is 30.9 Å². The molecule has 0 heterocycles. The van der Waals surface area contributed by atoms with Gasteiger partial charge in [-0.25, -0.2) is 9.18 Å². The van der Waals surface area contributed by atoms with Crippen LogP contribution in [0.25, 0.3) is 0 Å². The summed E-state index contributed by atoms with van der Waals surface area (Å²) in [6, 6.07) is 5.37. The second-order valence-corrected chi connectivity index (χ2v) is 5.49. The molecule has 0 spiro atoms. The highest BCUT2D eigenvalue weighted by Crippen LogP contribution is 2.18. The van der Waals surface area contributed by atoms with Gasteiger partial charge in [-0.05, 0) is 37.1 Å². The number of ether oxygens (including phenoxy) is 2. The van der Waals surface area contributed by atoms with Gasteiger partial charge < -0.3 is 19.7 Å². The first kappa shape index (κ1) is 17.7. The number of nitrogens with one attached hydrogen (secondary N) is 1. The Balaban J connectivity index is 1.63. The van der Waals surface area contributed by atoms with Crippen molar-refractivity contribution in [3.8, 4) is 5.75 Å². The average Bonchev–Trinajstić information content (AvgIpc) is 3.35. The Kier molecular flexibility index (Phi) is 6.11. The maximum Gasteiger partial charge on any atom is 0.344 e. The number of likely N-dealkylation sites (N-methyl/N-ethyl adjacent to an activating group) is 1. The highest BCUT2D eigenvalue weighted by Gasteiger charge is 2.24. The van der Waals surface area contributed by atoms with Gasteiger partial charge in [-0.15, -0.1) is 0 Å². The van der Waals surface area contributed by atoms with E-state index in [2.05, 4.69) is 5.32 Å². The van der Waals surface area contributed by atoms with Crippen LogP contribution < -0.4 is 10.1 Å². The van der Waals surface area contributed by atoms with E-state index in [0.717, 1.165) is 12.8 Å². The van der Waals surface area contributed by atoms with Crippen molar-refractivity contribution in [3.05, 3.63) is 30.1 Å². The van der Waals surface area contributed by atoms with Gasteiger partial charge >= 0.3 is 5.97 Å². The van der Waals surface area contributed by atoms with Crippen molar-refractivity contribution in [2.24, 2.45) is 0 Å². The topological polar surface area (TPSA) is 84.9 Å². The largest absolute Gasteiger partial charge is 0.482 e. The van der Waals surface area contributed by atoms with Crippen LogP contribution in [-0.2, 0) is 19.1 Å². The number of benzene rings is 1. The molecule has 1 aliphatic rings. The Morgan fingerprint density at radius 3 is 2.50 bits per heavy atom. The van der Waals surface area contributed by atoms with Gasteiger partial charge in [-0.3, -0.25) is 9.59 Å². The number of rotatable bonds is 8. The Morgan fingerprint density at radius 1 is 1.21 bits per heavy atom. The number of carbonyl (C=O) groups is 3. The molecule has 0 aliphatic heterocycles. The molecule has 1 aliphatic carbocycles. The zero-order chi connectivity index (χ0) is 17.5. The predicted octanol–water partition coefficient (Wildman–Crippen LogP) is 0.485. The van der Waals surface area contributed by atoms with Crippen molar-refractivity contribution in [2.75, 3.05) is 26.8 Å². The zero-order valence-corrected chi connectivity index (χ0v) is 13.3. The van der Waals surface area contributed by atoms with Crippen LogP contribution in [0.5, 0.6) is 5.75 Å². The summed E-state index contributed by atoms with van der Waals surface area (Å²) < 4.78 is 22.6. The number of hydrogen-bond acceptors (Lipinski definition) is 5. The number of esters is 1. The first-order valence-electron chi connectivity index (χ1n) is 7.51. The fourth-order valence-electron chi connectivity index (χ4n) is 1.77. The van der Waals surface area contributed by atoms with Crippen molar-refractivity contribution in [1.29, 1.82) is 0 Å². The van der Waals surface area contributed by atoms with Gasteiger partial charge in [0.1, 0.15) is 11.6 Å². The molecule has 0 aromatic heterocycles. The van der Waals surface area contributed by atoms with Crippen LogP contribution in [0.15, 0.2) is 24.3 Å². The fourth-order valence-corrected chi connectivity index (χ4v) is 1.77. The van der Waals surface area contributed by atoms with Crippen molar-refractivity contribution < 1.29 is 28.2 Å². The lowest BCUT2D eigenvalue weighted by Gasteiger charge is -2.16. The van der Waals surface area contributed by atoms with E-state index in [0.29, 0.717) is 5.75 Å². The molecule has 7 nitrogen and oxygen atoms in total. The Morgan fingerprint density at radius 2 is 1.88 bits per heavy atom. The zero-order valence-electron chi connectivity index (χ0n) is 13.3. The highest BCUT2D eigenvalue weighted by atomic mass is 19.1. The number of carbonyl (C=O) groups excluding carboxylic acids is 3. The number of halogens is 1. The van der Waals surface area contributed by atoms with E-state index >= 15 is 0 Å². The molecular formula is C16H19FN2O5. The molecule has 1 aromatic rings. The van der Waals surface area contributed by atoms with E-state index in [4.69, 9.17) is 9.47 Å². The van der Waals surface area contributed by atoms with Crippen LogP contribution in [0, 0.1) is 5.82 Å². The SMILES string of the molecule is CN(CC(=O)NC1CC1)C(=O)COC(=O)COc1ccc(F)cc1. The lowest BCUT2D eigenvalue weighted by molar-refractivity contribution is -0.153. The third-order valence-corrected chi connectivity index (χ3v) is 3.28. The molecule has 0 radical (unpaired) electrons. The van der Waals surface area contributed by atoms with E-state index in [9.17, 15) is 18.8 Å². The van der Waals surface area contributed by atoms with Gasteiger partial charge in [0.05, 0.1) is 6.54 Å². The first-order chi connectivity index (χ1) is 11.4. The molecule has 1 fully saturated rings. The summed E-state index contributed by atoms with van der Waals surface area (Å²) in [4.78, 5) is 36.1. The van der Waals surface area contributed by atoms with Crippen LogP contribution in [0.2, 0.25) is 0 Å². The van der Waals surface area contributed by atoms with Crippen molar-refractivity contribution >= 4 is 17.8 Å². The minimum absolute atomic E-state index is 0.0844.